The van der Waals surface area contributed by atoms with Gasteiger partial charge in [-0.1, -0.05) is 18.2 Å². The average molecular weight is 286 g/mol. The molecule has 2 N–H and O–H groups in total. The number of aliphatic carboxylic acids is 1. The number of aromatic hydroxyl groups is 1. The van der Waals surface area contributed by atoms with E-state index in [-0.39, 0.29) is 24.3 Å². The molecule has 6 nitrogen and oxygen atoms in total. The van der Waals surface area contributed by atoms with E-state index in [2.05, 4.69) is 4.98 Å². The molecular formula is C15H14N2O4. The highest BCUT2D eigenvalue weighted by Crippen LogP contribution is 2.18. The number of pyridine rings is 1. The van der Waals surface area contributed by atoms with Crippen LogP contribution in [-0.4, -0.2) is 33.6 Å². The van der Waals surface area contributed by atoms with E-state index in [9.17, 15) is 14.7 Å². The Morgan fingerprint density at radius 3 is 2.48 bits per heavy atom. The molecule has 1 amide bonds. The molecule has 6 heteroatoms. The number of amides is 1. The number of anilines is 1. The number of nitrogens with zero attached hydrogens (tertiary/aromatic N) is 2. The largest absolute Gasteiger partial charge is 0.506 e. The number of carbonyl (C=O) groups excluding carboxylic acids is 1. The minimum atomic E-state index is -0.988. The molecule has 0 radical (unpaired) electrons. The van der Waals surface area contributed by atoms with Gasteiger partial charge in [-0.3, -0.25) is 14.6 Å². The Bertz CT molecular complexity index is 643. The molecule has 1 heterocycles. The summed E-state index contributed by atoms with van der Waals surface area (Å²) in [4.78, 5) is 28.4. The highest BCUT2D eigenvalue weighted by atomic mass is 16.4. The Kier molecular flexibility index (Phi) is 4.50. The summed E-state index contributed by atoms with van der Waals surface area (Å²) < 4.78 is 0. The molecule has 2 rings (SSSR count). The van der Waals surface area contributed by atoms with E-state index in [1.54, 1.807) is 30.3 Å². The fourth-order valence-corrected chi connectivity index (χ4v) is 1.86. The van der Waals surface area contributed by atoms with Crippen LogP contribution < -0.4 is 4.90 Å². The van der Waals surface area contributed by atoms with Crippen molar-refractivity contribution in [2.45, 2.75) is 6.42 Å². The summed E-state index contributed by atoms with van der Waals surface area (Å²) in [5.41, 5.74) is 0.788. The van der Waals surface area contributed by atoms with Crippen molar-refractivity contribution in [3.8, 4) is 5.75 Å². The van der Waals surface area contributed by atoms with Crippen LogP contribution in [0.1, 0.15) is 16.8 Å². The number of para-hydroxylation sites is 1. The zero-order chi connectivity index (χ0) is 15.2. The van der Waals surface area contributed by atoms with Crippen LogP contribution in [0, 0.1) is 0 Å². The molecule has 1 aromatic carbocycles. The summed E-state index contributed by atoms with van der Waals surface area (Å²) in [6.07, 6.45) is 2.38. The first-order chi connectivity index (χ1) is 10.1. The van der Waals surface area contributed by atoms with Crippen LogP contribution in [0.15, 0.2) is 48.8 Å². The molecule has 108 valence electrons. The maximum Gasteiger partial charge on any atom is 0.305 e. The molecule has 0 atom stereocenters. The number of carboxylic acid groups (broad SMARTS) is 1. The standard InChI is InChI=1S/C15H14N2O4/c18-13-8-11(9-16-10-13)15(21)17(7-6-14(19)20)12-4-2-1-3-5-12/h1-5,8-10,18H,6-7H2,(H,19,20). The van der Waals surface area contributed by atoms with Crippen molar-refractivity contribution < 1.29 is 19.8 Å². The summed E-state index contributed by atoms with van der Waals surface area (Å²) >= 11 is 0. The topological polar surface area (TPSA) is 90.7 Å². The first-order valence-corrected chi connectivity index (χ1v) is 6.30. The van der Waals surface area contributed by atoms with E-state index in [0.29, 0.717) is 5.69 Å². The van der Waals surface area contributed by atoms with Gasteiger partial charge in [0.1, 0.15) is 5.75 Å². The lowest BCUT2D eigenvalue weighted by Gasteiger charge is -2.22. The van der Waals surface area contributed by atoms with Crippen LogP contribution in [0.25, 0.3) is 0 Å². The van der Waals surface area contributed by atoms with Crippen LogP contribution in [0.3, 0.4) is 0 Å². The van der Waals surface area contributed by atoms with Gasteiger partial charge in [0.2, 0.25) is 0 Å². The molecule has 0 aliphatic rings. The lowest BCUT2D eigenvalue weighted by molar-refractivity contribution is -0.136. The molecule has 0 fully saturated rings. The van der Waals surface area contributed by atoms with E-state index in [0.717, 1.165) is 0 Å². The molecule has 0 aliphatic heterocycles. The minimum Gasteiger partial charge on any atom is -0.506 e. The smallest absolute Gasteiger partial charge is 0.305 e. The monoisotopic (exact) mass is 286 g/mol. The van der Waals surface area contributed by atoms with Gasteiger partial charge in [-0.05, 0) is 18.2 Å². The maximum atomic E-state index is 12.5. The molecule has 2 aromatic rings. The van der Waals surface area contributed by atoms with E-state index in [4.69, 9.17) is 5.11 Å². The van der Waals surface area contributed by atoms with Gasteiger partial charge in [0.05, 0.1) is 18.2 Å². The Morgan fingerprint density at radius 2 is 1.86 bits per heavy atom. The molecule has 0 saturated heterocycles. The Labute approximate surface area is 121 Å². The van der Waals surface area contributed by atoms with Crippen molar-refractivity contribution in [1.29, 1.82) is 0 Å². The molecule has 1 aromatic heterocycles. The predicted molar refractivity (Wildman–Crippen MR) is 76.3 cm³/mol. The fourth-order valence-electron chi connectivity index (χ4n) is 1.86. The molecule has 0 bridgehead atoms. The third-order valence-electron chi connectivity index (χ3n) is 2.83. The summed E-state index contributed by atoms with van der Waals surface area (Å²) in [5.74, 6) is -1.52. The van der Waals surface area contributed by atoms with E-state index in [1.807, 2.05) is 0 Å². The molecule has 0 unspecified atom stereocenters. The number of carboxylic acids is 1. The van der Waals surface area contributed by atoms with Gasteiger partial charge in [-0.25, -0.2) is 0 Å². The second-order valence-electron chi connectivity index (χ2n) is 4.37. The van der Waals surface area contributed by atoms with Crippen LogP contribution in [0.4, 0.5) is 5.69 Å². The normalized spacial score (nSPS) is 10.1. The van der Waals surface area contributed by atoms with Gasteiger partial charge < -0.3 is 15.1 Å². The first kappa shape index (κ1) is 14.5. The third-order valence-corrected chi connectivity index (χ3v) is 2.83. The highest BCUT2D eigenvalue weighted by molar-refractivity contribution is 6.06. The summed E-state index contributed by atoms with van der Waals surface area (Å²) in [6, 6.07) is 10.1. The number of benzene rings is 1. The van der Waals surface area contributed by atoms with Gasteiger partial charge in [-0.15, -0.1) is 0 Å². The van der Waals surface area contributed by atoms with Crippen molar-refractivity contribution in [2.75, 3.05) is 11.4 Å². The molecule has 0 saturated carbocycles. The fraction of sp³-hybridized carbons (Fsp3) is 0.133. The number of hydrogen-bond acceptors (Lipinski definition) is 4. The maximum absolute atomic E-state index is 12.5. The van der Waals surface area contributed by atoms with Gasteiger partial charge in [-0.2, -0.15) is 0 Å². The molecule has 0 aliphatic carbocycles. The van der Waals surface area contributed by atoms with Crippen LogP contribution >= 0.6 is 0 Å². The zero-order valence-electron chi connectivity index (χ0n) is 11.1. The van der Waals surface area contributed by atoms with Crippen molar-refractivity contribution in [2.24, 2.45) is 0 Å². The number of rotatable bonds is 5. The lowest BCUT2D eigenvalue weighted by atomic mass is 10.2. The number of carbonyl (C=O) groups is 2. The van der Waals surface area contributed by atoms with Crippen molar-refractivity contribution >= 4 is 17.6 Å². The summed E-state index contributed by atoms with van der Waals surface area (Å²) in [5, 5.41) is 18.2. The van der Waals surface area contributed by atoms with Crippen molar-refractivity contribution in [3.63, 3.8) is 0 Å². The third kappa shape index (κ3) is 3.79. The highest BCUT2D eigenvalue weighted by Gasteiger charge is 2.19. The zero-order valence-corrected chi connectivity index (χ0v) is 11.1. The first-order valence-electron chi connectivity index (χ1n) is 6.30. The summed E-state index contributed by atoms with van der Waals surface area (Å²) in [7, 11) is 0. The van der Waals surface area contributed by atoms with Crippen molar-refractivity contribution in [1.82, 2.24) is 4.98 Å². The van der Waals surface area contributed by atoms with Gasteiger partial charge >= 0.3 is 5.97 Å². The van der Waals surface area contributed by atoms with Gasteiger partial charge in [0.25, 0.3) is 5.91 Å². The van der Waals surface area contributed by atoms with E-state index >= 15 is 0 Å². The average Bonchev–Trinajstić information content (AvgIpc) is 2.48. The molecule has 21 heavy (non-hydrogen) atoms. The van der Waals surface area contributed by atoms with Gasteiger partial charge in [0, 0.05) is 18.4 Å². The Morgan fingerprint density at radius 1 is 1.14 bits per heavy atom. The predicted octanol–water partition coefficient (Wildman–Crippen LogP) is 1.91. The summed E-state index contributed by atoms with van der Waals surface area (Å²) in [6.45, 7) is 0.0356. The van der Waals surface area contributed by atoms with Crippen LogP contribution in [0.5, 0.6) is 5.75 Å². The van der Waals surface area contributed by atoms with Crippen molar-refractivity contribution in [3.05, 3.63) is 54.4 Å². The van der Waals surface area contributed by atoms with Crippen LogP contribution in [0.2, 0.25) is 0 Å². The number of hydrogen-bond donors (Lipinski definition) is 2. The Balaban J connectivity index is 2.30. The van der Waals surface area contributed by atoms with E-state index in [1.165, 1.54) is 23.4 Å². The van der Waals surface area contributed by atoms with Crippen LogP contribution in [-0.2, 0) is 4.79 Å². The quantitative estimate of drug-likeness (QED) is 0.876. The molecule has 0 spiro atoms. The SMILES string of the molecule is O=C(O)CCN(C(=O)c1cncc(O)c1)c1ccccc1. The lowest BCUT2D eigenvalue weighted by Crippen LogP contribution is -2.33. The van der Waals surface area contributed by atoms with E-state index < -0.39 is 11.9 Å². The van der Waals surface area contributed by atoms with Gasteiger partial charge in [0.15, 0.2) is 0 Å². The Hall–Kier alpha value is -2.89. The second-order valence-corrected chi connectivity index (χ2v) is 4.37. The minimum absolute atomic E-state index is 0.0356. The molecular weight excluding hydrogens is 272 g/mol. The second kappa shape index (κ2) is 6.51. The number of aromatic nitrogens is 1.